The van der Waals surface area contributed by atoms with Crippen LogP contribution in [0.3, 0.4) is 0 Å². The molecule has 0 saturated heterocycles. The van der Waals surface area contributed by atoms with E-state index in [2.05, 4.69) is 27.6 Å². The van der Waals surface area contributed by atoms with Gasteiger partial charge in [-0.3, -0.25) is 0 Å². The van der Waals surface area contributed by atoms with Crippen LogP contribution >= 0.6 is 15.9 Å². The molecule has 1 aromatic rings. The monoisotopic (exact) mass is 389 g/mol. The average molecular weight is 390 g/mol. The van der Waals surface area contributed by atoms with Gasteiger partial charge in [-0.15, -0.1) is 0 Å². The van der Waals surface area contributed by atoms with E-state index in [0.29, 0.717) is 17.7 Å². The minimum absolute atomic E-state index is 0.0505. The Labute approximate surface area is 141 Å². The lowest BCUT2D eigenvalue weighted by Crippen LogP contribution is -2.57. The van der Waals surface area contributed by atoms with Crippen LogP contribution in [-0.2, 0) is 14.8 Å². The number of rotatable bonds is 8. The van der Waals surface area contributed by atoms with Crippen molar-refractivity contribution in [2.24, 2.45) is 0 Å². The van der Waals surface area contributed by atoms with E-state index in [0.717, 1.165) is 30.3 Å². The molecule has 0 unspecified atom stereocenters. The van der Waals surface area contributed by atoms with Crippen LogP contribution in [0.2, 0.25) is 0 Å². The lowest BCUT2D eigenvalue weighted by molar-refractivity contribution is -0.0935. The van der Waals surface area contributed by atoms with Gasteiger partial charge in [-0.2, -0.15) is 0 Å². The number of alkyl halides is 1. The fraction of sp³-hybridized carbons (Fsp3) is 0.625. The molecular weight excluding hydrogens is 366 g/mol. The van der Waals surface area contributed by atoms with E-state index < -0.39 is 10.0 Å². The molecule has 0 aliphatic heterocycles. The van der Waals surface area contributed by atoms with Gasteiger partial charge in [0, 0.05) is 18.0 Å². The maximum Gasteiger partial charge on any atom is 0.240 e. The van der Waals surface area contributed by atoms with Crippen molar-refractivity contribution >= 4 is 26.0 Å². The molecule has 1 aliphatic carbocycles. The van der Waals surface area contributed by atoms with Crippen molar-refractivity contribution in [1.29, 1.82) is 0 Å². The first kappa shape index (κ1) is 17.9. The summed E-state index contributed by atoms with van der Waals surface area (Å²) in [7, 11) is -3.44. The summed E-state index contributed by atoms with van der Waals surface area (Å²) >= 11 is 3.49. The van der Waals surface area contributed by atoms with E-state index >= 15 is 0 Å². The predicted octanol–water partition coefficient (Wildman–Crippen LogP) is 3.39. The first-order valence-corrected chi connectivity index (χ1v) is 10.3. The zero-order valence-corrected chi connectivity index (χ0v) is 15.5. The van der Waals surface area contributed by atoms with Crippen molar-refractivity contribution in [3.05, 3.63) is 29.8 Å². The van der Waals surface area contributed by atoms with Gasteiger partial charge in [0.05, 0.1) is 10.5 Å². The standard InChI is InChI=1S/C16H24BrNO3S/c1-3-4-9-21-16(12-17)10-14(11-16)18-22(19,20)15-7-5-13(2)6-8-15/h5-8,14,18H,3-4,9-12H2,1-2H3. The van der Waals surface area contributed by atoms with Gasteiger partial charge in [0.15, 0.2) is 0 Å². The highest BCUT2D eigenvalue weighted by molar-refractivity contribution is 9.09. The Morgan fingerprint density at radius 1 is 1.32 bits per heavy atom. The smallest absolute Gasteiger partial charge is 0.240 e. The maximum absolute atomic E-state index is 12.3. The molecule has 4 nitrogen and oxygen atoms in total. The molecule has 0 spiro atoms. The Morgan fingerprint density at radius 2 is 1.95 bits per heavy atom. The molecule has 1 aromatic carbocycles. The predicted molar refractivity (Wildman–Crippen MR) is 91.9 cm³/mol. The summed E-state index contributed by atoms with van der Waals surface area (Å²) in [5, 5.41) is 0.743. The fourth-order valence-corrected chi connectivity index (χ4v) is 4.48. The molecule has 0 bridgehead atoms. The Morgan fingerprint density at radius 3 is 2.50 bits per heavy atom. The van der Waals surface area contributed by atoms with Crippen molar-refractivity contribution in [2.75, 3.05) is 11.9 Å². The molecule has 0 atom stereocenters. The largest absolute Gasteiger partial charge is 0.374 e. The van der Waals surface area contributed by atoms with E-state index in [1.807, 2.05) is 19.1 Å². The van der Waals surface area contributed by atoms with Gasteiger partial charge in [-0.1, -0.05) is 47.0 Å². The Hall–Kier alpha value is -0.430. The molecule has 0 amide bonds. The van der Waals surface area contributed by atoms with Crippen LogP contribution < -0.4 is 4.72 Å². The SMILES string of the molecule is CCCCOC1(CBr)CC(NS(=O)(=O)c2ccc(C)cc2)C1. The molecule has 0 aromatic heterocycles. The van der Waals surface area contributed by atoms with Crippen LogP contribution in [0.4, 0.5) is 0 Å². The second kappa shape index (κ2) is 7.43. The van der Waals surface area contributed by atoms with Gasteiger partial charge in [-0.05, 0) is 38.3 Å². The number of hydrogen-bond acceptors (Lipinski definition) is 3. The van der Waals surface area contributed by atoms with Crippen LogP contribution in [0, 0.1) is 6.92 Å². The lowest BCUT2D eigenvalue weighted by Gasteiger charge is -2.46. The summed E-state index contributed by atoms with van der Waals surface area (Å²) in [6.07, 6.45) is 3.57. The molecular formula is C16H24BrNO3S. The summed E-state index contributed by atoms with van der Waals surface area (Å²) in [6, 6.07) is 6.86. The Balaban J connectivity index is 1.91. The maximum atomic E-state index is 12.3. The summed E-state index contributed by atoms with van der Waals surface area (Å²) in [5.41, 5.74) is 0.834. The van der Waals surface area contributed by atoms with Gasteiger partial charge in [0.25, 0.3) is 0 Å². The summed E-state index contributed by atoms with van der Waals surface area (Å²) in [6.45, 7) is 4.80. The van der Waals surface area contributed by atoms with Gasteiger partial charge >= 0.3 is 0 Å². The van der Waals surface area contributed by atoms with Crippen molar-refractivity contribution < 1.29 is 13.2 Å². The van der Waals surface area contributed by atoms with Crippen molar-refractivity contribution in [2.45, 2.75) is 56.1 Å². The molecule has 1 fully saturated rings. The zero-order valence-electron chi connectivity index (χ0n) is 13.1. The van der Waals surface area contributed by atoms with Crippen molar-refractivity contribution in [3.63, 3.8) is 0 Å². The van der Waals surface area contributed by atoms with E-state index in [-0.39, 0.29) is 11.6 Å². The molecule has 6 heteroatoms. The molecule has 1 saturated carbocycles. The normalized spacial score (nSPS) is 25.0. The minimum Gasteiger partial charge on any atom is -0.374 e. The quantitative estimate of drug-likeness (QED) is 0.547. The van der Waals surface area contributed by atoms with E-state index in [9.17, 15) is 8.42 Å². The number of sulfonamides is 1. The van der Waals surface area contributed by atoms with Gasteiger partial charge < -0.3 is 4.74 Å². The Kier molecular flexibility index (Phi) is 6.05. The molecule has 22 heavy (non-hydrogen) atoms. The molecule has 124 valence electrons. The molecule has 1 N–H and O–H groups in total. The number of hydrogen-bond donors (Lipinski definition) is 1. The van der Waals surface area contributed by atoms with Crippen LogP contribution in [0.5, 0.6) is 0 Å². The number of nitrogens with one attached hydrogen (secondary N) is 1. The summed E-state index contributed by atoms with van der Waals surface area (Å²) in [4.78, 5) is 0.321. The second-order valence-corrected chi connectivity index (χ2v) is 8.33. The highest BCUT2D eigenvalue weighted by Crippen LogP contribution is 2.38. The first-order valence-electron chi connectivity index (χ1n) is 7.70. The van der Waals surface area contributed by atoms with E-state index in [4.69, 9.17) is 4.74 Å². The van der Waals surface area contributed by atoms with Crippen LogP contribution in [0.15, 0.2) is 29.2 Å². The van der Waals surface area contributed by atoms with Crippen LogP contribution in [0.25, 0.3) is 0 Å². The number of halogens is 1. The fourth-order valence-electron chi connectivity index (χ4n) is 2.63. The number of unbranched alkanes of at least 4 members (excludes halogenated alkanes) is 1. The third-order valence-corrected chi connectivity index (χ3v) is 6.60. The third kappa shape index (κ3) is 4.31. The minimum atomic E-state index is -3.44. The summed E-state index contributed by atoms with van der Waals surface area (Å²) in [5.74, 6) is 0. The van der Waals surface area contributed by atoms with Crippen LogP contribution in [-0.4, -0.2) is 32.0 Å². The number of ether oxygens (including phenoxy) is 1. The summed E-state index contributed by atoms with van der Waals surface area (Å²) < 4.78 is 33.4. The highest BCUT2D eigenvalue weighted by atomic mass is 79.9. The first-order chi connectivity index (χ1) is 10.4. The molecule has 0 heterocycles. The van der Waals surface area contributed by atoms with Gasteiger partial charge in [0.1, 0.15) is 0 Å². The van der Waals surface area contributed by atoms with Crippen molar-refractivity contribution in [3.8, 4) is 0 Å². The molecule has 1 aliphatic rings. The van der Waals surface area contributed by atoms with Gasteiger partial charge in [-0.25, -0.2) is 13.1 Å². The van der Waals surface area contributed by atoms with E-state index in [1.54, 1.807) is 12.1 Å². The highest BCUT2D eigenvalue weighted by Gasteiger charge is 2.46. The average Bonchev–Trinajstić information content (AvgIpc) is 2.44. The number of benzene rings is 1. The lowest BCUT2D eigenvalue weighted by atomic mass is 9.77. The zero-order chi connectivity index (χ0) is 16.2. The van der Waals surface area contributed by atoms with E-state index in [1.165, 1.54) is 0 Å². The van der Waals surface area contributed by atoms with Crippen molar-refractivity contribution in [1.82, 2.24) is 4.72 Å². The second-order valence-electron chi connectivity index (χ2n) is 6.06. The third-order valence-electron chi connectivity index (χ3n) is 4.04. The number of aryl methyl sites for hydroxylation is 1. The molecule has 0 radical (unpaired) electrons. The Bertz CT molecular complexity index is 580. The van der Waals surface area contributed by atoms with Gasteiger partial charge in [0.2, 0.25) is 10.0 Å². The van der Waals surface area contributed by atoms with Crippen LogP contribution in [0.1, 0.15) is 38.2 Å². The topological polar surface area (TPSA) is 55.4 Å². The molecule has 2 rings (SSSR count).